The van der Waals surface area contributed by atoms with Crippen molar-refractivity contribution in [2.24, 2.45) is 5.84 Å². The first-order chi connectivity index (χ1) is 9.51. The Hall–Kier alpha value is -2.14. The van der Waals surface area contributed by atoms with Crippen LogP contribution in [0.4, 0.5) is 17.3 Å². The number of anilines is 3. The van der Waals surface area contributed by atoms with Crippen molar-refractivity contribution in [1.29, 1.82) is 0 Å². The van der Waals surface area contributed by atoms with Gasteiger partial charge in [0, 0.05) is 11.3 Å². The molecule has 0 saturated heterocycles. The van der Waals surface area contributed by atoms with E-state index in [4.69, 9.17) is 5.84 Å². The molecule has 0 bridgehead atoms. The van der Waals surface area contributed by atoms with E-state index in [1.54, 1.807) is 0 Å². The summed E-state index contributed by atoms with van der Waals surface area (Å²) in [6.45, 7) is 8.13. The van der Waals surface area contributed by atoms with Crippen LogP contribution in [0.25, 0.3) is 0 Å². The molecule has 0 aliphatic rings. The minimum atomic E-state index is 0.492. The number of aromatic nitrogens is 2. The average molecular weight is 271 g/mol. The average Bonchev–Trinajstić information content (AvgIpc) is 2.42. The second kappa shape index (κ2) is 5.88. The molecule has 1 heterocycles. The van der Waals surface area contributed by atoms with Crippen LogP contribution in [0, 0.1) is 13.8 Å². The molecule has 0 atom stereocenters. The Bertz CT molecular complexity index is 607. The molecule has 106 valence electrons. The van der Waals surface area contributed by atoms with Crippen LogP contribution in [-0.4, -0.2) is 9.97 Å². The highest BCUT2D eigenvalue weighted by Crippen LogP contribution is 2.25. The zero-order valence-corrected chi connectivity index (χ0v) is 12.4. The number of rotatable bonds is 4. The number of benzene rings is 1. The molecular weight excluding hydrogens is 250 g/mol. The van der Waals surface area contributed by atoms with Crippen molar-refractivity contribution >= 4 is 17.3 Å². The minimum Gasteiger partial charge on any atom is -0.340 e. The zero-order chi connectivity index (χ0) is 14.7. The molecule has 0 spiro atoms. The van der Waals surface area contributed by atoms with E-state index < -0.39 is 0 Å². The predicted molar refractivity (Wildman–Crippen MR) is 83.1 cm³/mol. The van der Waals surface area contributed by atoms with Gasteiger partial charge in [-0.25, -0.2) is 15.8 Å². The number of hydrazine groups is 1. The second-order valence-electron chi connectivity index (χ2n) is 5.14. The fourth-order valence-electron chi connectivity index (χ4n) is 2.00. The summed E-state index contributed by atoms with van der Waals surface area (Å²) in [4.78, 5) is 8.69. The van der Waals surface area contributed by atoms with E-state index in [1.807, 2.05) is 26.0 Å². The molecule has 0 saturated carbocycles. The van der Waals surface area contributed by atoms with Crippen LogP contribution in [0.5, 0.6) is 0 Å². The Balaban J connectivity index is 2.35. The van der Waals surface area contributed by atoms with Crippen molar-refractivity contribution in [2.75, 3.05) is 10.7 Å². The summed E-state index contributed by atoms with van der Waals surface area (Å²) in [5.41, 5.74) is 5.80. The second-order valence-corrected chi connectivity index (χ2v) is 5.14. The van der Waals surface area contributed by atoms with Crippen LogP contribution in [0.3, 0.4) is 0 Å². The van der Waals surface area contributed by atoms with Gasteiger partial charge in [0.2, 0.25) is 0 Å². The Kier molecular flexibility index (Phi) is 4.20. The topological polar surface area (TPSA) is 75.9 Å². The normalized spacial score (nSPS) is 10.7. The molecule has 5 nitrogen and oxygen atoms in total. The van der Waals surface area contributed by atoms with Crippen LogP contribution in [-0.2, 0) is 0 Å². The van der Waals surface area contributed by atoms with Gasteiger partial charge in [0.15, 0.2) is 0 Å². The Labute approximate surface area is 119 Å². The van der Waals surface area contributed by atoms with E-state index in [1.165, 1.54) is 5.56 Å². The van der Waals surface area contributed by atoms with Gasteiger partial charge in [-0.1, -0.05) is 26.0 Å². The summed E-state index contributed by atoms with van der Waals surface area (Å²) in [6.07, 6.45) is 0. The molecule has 0 aliphatic carbocycles. The number of nitrogens with two attached hydrogens (primary N) is 1. The third kappa shape index (κ3) is 3.05. The van der Waals surface area contributed by atoms with Crippen molar-refractivity contribution < 1.29 is 0 Å². The molecule has 5 heteroatoms. The molecule has 2 aromatic rings. The molecule has 20 heavy (non-hydrogen) atoms. The Morgan fingerprint density at radius 2 is 1.80 bits per heavy atom. The van der Waals surface area contributed by atoms with Crippen LogP contribution in [0.1, 0.15) is 36.7 Å². The van der Waals surface area contributed by atoms with E-state index in [9.17, 15) is 0 Å². The SMILES string of the molecule is Cc1nc(NN)c(C)c(Nc2cccc(C(C)C)c2)n1. The van der Waals surface area contributed by atoms with Gasteiger partial charge in [-0.05, 0) is 37.5 Å². The Morgan fingerprint density at radius 3 is 2.45 bits per heavy atom. The Morgan fingerprint density at radius 1 is 1.10 bits per heavy atom. The lowest BCUT2D eigenvalue weighted by atomic mass is 10.0. The van der Waals surface area contributed by atoms with E-state index in [2.05, 4.69) is 46.7 Å². The minimum absolute atomic E-state index is 0.492. The molecule has 0 aliphatic heterocycles. The van der Waals surface area contributed by atoms with Crippen molar-refractivity contribution in [3.05, 3.63) is 41.2 Å². The number of nitrogens with one attached hydrogen (secondary N) is 2. The molecule has 0 unspecified atom stereocenters. The van der Waals surface area contributed by atoms with Gasteiger partial charge in [-0.15, -0.1) is 0 Å². The van der Waals surface area contributed by atoms with Gasteiger partial charge in [0.1, 0.15) is 17.5 Å². The largest absolute Gasteiger partial charge is 0.340 e. The monoisotopic (exact) mass is 271 g/mol. The maximum atomic E-state index is 5.48. The van der Waals surface area contributed by atoms with Crippen molar-refractivity contribution in [3.8, 4) is 0 Å². The maximum absolute atomic E-state index is 5.48. The van der Waals surface area contributed by atoms with Gasteiger partial charge in [-0.3, -0.25) is 0 Å². The predicted octanol–water partition coefficient (Wildman–Crippen LogP) is 3.25. The standard InChI is InChI=1S/C15H21N5/c1-9(2)12-6-5-7-13(8-12)19-14-10(3)15(20-16)18-11(4)17-14/h5-9H,16H2,1-4H3,(H2,17,18,19,20). The molecule has 1 aromatic heterocycles. The molecule has 4 N–H and O–H groups in total. The maximum Gasteiger partial charge on any atom is 0.148 e. The fraction of sp³-hybridized carbons (Fsp3) is 0.333. The number of hydrogen-bond acceptors (Lipinski definition) is 5. The van der Waals surface area contributed by atoms with Crippen LogP contribution in [0.15, 0.2) is 24.3 Å². The lowest BCUT2D eigenvalue weighted by Gasteiger charge is -2.14. The van der Waals surface area contributed by atoms with E-state index in [0.29, 0.717) is 17.6 Å². The van der Waals surface area contributed by atoms with Gasteiger partial charge >= 0.3 is 0 Å². The smallest absolute Gasteiger partial charge is 0.148 e. The van der Waals surface area contributed by atoms with Crippen LogP contribution < -0.4 is 16.6 Å². The van der Waals surface area contributed by atoms with Crippen molar-refractivity contribution in [3.63, 3.8) is 0 Å². The highest BCUT2D eigenvalue weighted by atomic mass is 15.3. The summed E-state index contributed by atoms with van der Waals surface area (Å²) in [7, 11) is 0. The zero-order valence-electron chi connectivity index (χ0n) is 12.4. The molecular formula is C15H21N5. The van der Waals surface area contributed by atoms with E-state index in [0.717, 1.165) is 17.1 Å². The van der Waals surface area contributed by atoms with Crippen molar-refractivity contribution in [1.82, 2.24) is 9.97 Å². The lowest BCUT2D eigenvalue weighted by Crippen LogP contribution is -2.13. The van der Waals surface area contributed by atoms with Crippen LogP contribution >= 0.6 is 0 Å². The molecule has 1 aromatic carbocycles. The highest BCUT2D eigenvalue weighted by Gasteiger charge is 2.09. The van der Waals surface area contributed by atoms with E-state index >= 15 is 0 Å². The van der Waals surface area contributed by atoms with Gasteiger partial charge in [-0.2, -0.15) is 0 Å². The number of nitrogen functional groups attached to an aromatic ring is 1. The number of hydrogen-bond donors (Lipinski definition) is 3. The molecule has 0 fully saturated rings. The molecule has 0 amide bonds. The molecule has 2 rings (SSSR count). The lowest BCUT2D eigenvalue weighted by molar-refractivity contribution is 0.867. The summed E-state index contributed by atoms with van der Waals surface area (Å²) < 4.78 is 0. The summed E-state index contributed by atoms with van der Waals surface area (Å²) in [6, 6.07) is 8.33. The summed E-state index contributed by atoms with van der Waals surface area (Å²) >= 11 is 0. The third-order valence-electron chi connectivity index (χ3n) is 3.21. The summed E-state index contributed by atoms with van der Waals surface area (Å²) in [5.74, 6) is 8.05. The highest BCUT2D eigenvalue weighted by molar-refractivity contribution is 5.65. The van der Waals surface area contributed by atoms with Crippen molar-refractivity contribution in [2.45, 2.75) is 33.6 Å². The van der Waals surface area contributed by atoms with Gasteiger partial charge in [0.05, 0.1) is 0 Å². The van der Waals surface area contributed by atoms with Gasteiger partial charge in [0.25, 0.3) is 0 Å². The first kappa shape index (κ1) is 14.3. The fourth-order valence-corrected chi connectivity index (χ4v) is 2.00. The van der Waals surface area contributed by atoms with E-state index in [-0.39, 0.29) is 0 Å². The number of aryl methyl sites for hydroxylation is 1. The number of nitrogens with zero attached hydrogens (tertiary/aromatic N) is 2. The molecule has 0 radical (unpaired) electrons. The third-order valence-corrected chi connectivity index (χ3v) is 3.21. The van der Waals surface area contributed by atoms with Crippen LogP contribution in [0.2, 0.25) is 0 Å². The quantitative estimate of drug-likeness (QED) is 0.588. The first-order valence-corrected chi connectivity index (χ1v) is 6.70. The van der Waals surface area contributed by atoms with Gasteiger partial charge < -0.3 is 10.7 Å². The first-order valence-electron chi connectivity index (χ1n) is 6.70. The summed E-state index contributed by atoms with van der Waals surface area (Å²) in [5, 5.41) is 3.34.